The number of hydrogen-bond acceptors (Lipinski definition) is 3. The van der Waals surface area contributed by atoms with Crippen LogP contribution in [0.4, 0.5) is 0 Å². The molecule has 151 valence electrons. The third-order valence-corrected chi connectivity index (χ3v) is 6.18. The molecule has 1 radical (unpaired) electrons. The van der Waals surface area contributed by atoms with Crippen LogP contribution in [-0.4, -0.2) is 48.8 Å². The molecule has 0 spiro atoms. The Balaban J connectivity index is 1.47. The summed E-state index contributed by atoms with van der Waals surface area (Å²) in [5, 5.41) is 0.421. The van der Waals surface area contributed by atoms with Gasteiger partial charge in [0.25, 0.3) is 5.91 Å². The molecule has 0 saturated heterocycles. The summed E-state index contributed by atoms with van der Waals surface area (Å²) in [6.45, 7) is 1.47. The van der Waals surface area contributed by atoms with E-state index in [1.165, 1.54) is 23.3 Å². The van der Waals surface area contributed by atoms with Gasteiger partial charge in [-0.05, 0) is 62.7 Å². The lowest BCUT2D eigenvalue weighted by Gasteiger charge is -2.23. The van der Waals surface area contributed by atoms with Gasteiger partial charge in [-0.25, -0.2) is 0 Å². The molecule has 1 unspecified atom stereocenters. The number of rotatable bonds is 7. The van der Waals surface area contributed by atoms with Gasteiger partial charge in [-0.2, -0.15) is 0 Å². The molecule has 2 N–H and O–H groups in total. The van der Waals surface area contributed by atoms with Gasteiger partial charge in [0.1, 0.15) is 6.04 Å². The van der Waals surface area contributed by atoms with Crippen LogP contribution in [0.5, 0.6) is 0 Å². The van der Waals surface area contributed by atoms with Gasteiger partial charge in [0.2, 0.25) is 5.91 Å². The van der Waals surface area contributed by atoms with Gasteiger partial charge in [-0.3, -0.25) is 9.59 Å². The van der Waals surface area contributed by atoms with Gasteiger partial charge in [-0.15, -0.1) is 0 Å². The van der Waals surface area contributed by atoms with Crippen LogP contribution in [-0.2, 0) is 16.6 Å². The van der Waals surface area contributed by atoms with Crippen molar-refractivity contribution in [1.29, 1.82) is 0 Å². The first-order chi connectivity index (χ1) is 13.8. The number of nitrogens with zero attached hydrogens (tertiary/aromatic N) is 2. The fourth-order valence-corrected chi connectivity index (χ4v) is 4.57. The van der Waals surface area contributed by atoms with Gasteiger partial charge >= 0.3 is 0 Å². The molecule has 4 rings (SSSR count). The summed E-state index contributed by atoms with van der Waals surface area (Å²) >= 11 is 6.00. The SMILES string of the molecule is CN(C)CC1(c2ccc(CCN3C(=O)c4cc(Cl)c[c]c4C3C(N)=O)cc2)CC1. The number of benzene rings is 2. The highest BCUT2D eigenvalue weighted by Crippen LogP contribution is 2.48. The van der Waals surface area contributed by atoms with Gasteiger partial charge in [0.05, 0.1) is 0 Å². The zero-order valence-corrected chi connectivity index (χ0v) is 17.5. The van der Waals surface area contributed by atoms with Crippen molar-refractivity contribution in [2.45, 2.75) is 30.7 Å². The average molecular weight is 411 g/mol. The number of fused-ring (bicyclic) bond motifs is 1. The van der Waals surface area contributed by atoms with Gasteiger partial charge < -0.3 is 15.5 Å². The smallest absolute Gasteiger partial charge is 0.255 e. The fourth-order valence-electron chi connectivity index (χ4n) is 4.41. The number of amides is 2. The first-order valence-electron chi connectivity index (χ1n) is 9.86. The fraction of sp³-hybridized carbons (Fsp3) is 0.391. The minimum Gasteiger partial charge on any atom is -0.368 e. The van der Waals surface area contributed by atoms with Crippen LogP contribution < -0.4 is 5.73 Å². The monoisotopic (exact) mass is 410 g/mol. The van der Waals surface area contributed by atoms with Crippen LogP contribution in [0.1, 0.15) is 45.9 Å². The summed E-state index contributed by atoms with van der Waals surface area (Å²) in [6, 6.07) is 14.0. The van der Waals surface area contributed by atoms with Gasteiger partial charge in [-0.1, -0.05) is 35.9 Å². The highest BCUT2D eigenvalue weighted by Gasteiger charge is 2.44. The lowest BCUT2D eigenvalue weighted by atomic mass is 9.94. The van der Waals surface area contributed by atoms with Crippen molar-refractivity contribution in [3.63, 3.8) is 0 Å². The number of carbonyl (C=O) groups excluding carboxylic acids is 2. The highest BCUT2D eigenvalue weighted by molar-refractivity contribution is 6.31. The Bertz CT molecular complexity index is 951. The lowest BCUT2D eigenvalue weighted by molar-refractivity contribution is -0.122. The van der Waals surface area contributed by atoms with Crippen molar-refractivity contribution in [3.8, 4) is 0 Å². The molecule has 0 aromatic heterocycles. The Morgan fingerprint density at radius 2 is 2.00 bits per heavy atom. The third-order valence-electron chi connectivity index (χ3n) is 5.96. The van der Waals surface area contributed by atoms with E-state index in [0.29, 0.717) is 34.5 Å². The van der Waals surface area contributed by atoms with E-state index in [-0.39, 0.29) is 5.91 Å². The maximum Gasteiger partial charge on any atom is 0.255 e. The Morgan fingerprint density at radius 3 is 2.59 bits per heavy atom. The zero-order valence-electron chi connectivity index (χ0n) is 16.7. The number of halogens is 1. The van der Waals surface area contributed by atoms with Crippen molar-refractivity contribution in [3.05, 3.63) is 69.7 Å². The summed E-state index contributed by atoms with van der Waals surface area (Å²) in [6.07, 6.45) is 3.10. The molecule has 5 nitrogen and oxygen atoms in total. The molecule has 1 atom stereocenters. The predicted molar refractivity (Wildman–Crippen MR) is 113 cm³/mol. The summed E-state index contributed by atoms with van der Waals surface area (Å²) in [7, 11) is 4.22. The number of likely N-dealkylation sites (N-methyl/N-ethyl adjacent to an activating group) is 1. The lowest BCUT2D eigenvalue weighted by Crippen LogP contribution is -2.37. The molecule has 0 bridgehead atoms. The number of nitrogens with two attached hydrogens (primary N) is 1. The second-order valence-corrected chi connectivity index (χ2v) is 8.85. The molecule has 1 fully saturated rings. The van der Waals surface area contributed by atoms with Crippen LogP contribution in [0.15, 0.2) is 36.4 Å². The summed E-state index contributed by atoms with van der Waals surface area (Å²) in [5.74, 6) is -0.771. The van der Waals surface area contributed by atoms with Gasteiger partial charge in [0, 0.05) is 34.7 Å². The summed E-state index contributed by atoms with van der Waals surface area (Å²) < 4.78 is 0. The molecule has 2 aliphatic rings. The Hall–Kier alpha value is -2.37. The average Bonchev–Trinajstić information content (AvgIpc) is 3.39. The van der Waals surface area contributed by atoms with E-state index in [4.69, 9.17) is 17.3 Å². The molecule has 1 aliphatic carbocycles. The first kappa shape index (κ1) is 19.9. The van der Waals surface area contributed by atoms with E-state index < -0.39 is 11.9 Å². The highest BCUT2D eigenvalue weighted by atomic mass is 35.5. The normalized spacial score (nSPS) is 19.5. The molecule has 2 aromatic carbocycles. The number of hydrogen-bond donors (Lipinski definition) is 1. The largest absolute Gasteiger partial charge is 0.368 e. The Kier molecular flexibility index (Phi) is 5.13. The molecule has 1 aliphatic heterocycles. The van der Waals surface area contributed by atoms with Crippen molar-refractivity contribution in [2.24, 2.45) is 5.73 Å². The van der Waals surface area contributed by atoms with E-state index in [1.54, 1.807) is 12.1 Å². The van der Waals surface area contributed by atoms with Crippen molar-refractivity contribution in [1.82, 2.24) is 9.80 Å². The van der Waals surface area contributed by atoms with Crippen LogP contribution in [0.25, 0.3) is 0 Å². The standard InChI is InChI=1S/C23H25ClN3O2/c1-26(2)14-23(10-11-23)16-5-3-15(4-6-16)9-12-27-20(21(25)28)18-8-7-17(24)13-19(18)22(27)29/h3-7,13,20H,9-12,14H2,1-2H3,(H2,25,28). The topological polar surface area (TPSA) is 66.6 Å². The van der Waals surface area contributed by atoms with Crippen LogP contribution in [0.3, 0.4) is 0 Å². The van der Waals surface area contributed by atoms with E-state index in [1.807, 2.05) is 0 Å². The molecule has 2 amide bonds. The maximum absolute atomic E-state index is 12.8. The molecule has 2 aromatic rings. The molecule has 29 heavy (non-hydrogen) atoms. The second-order valence-electron chi connectivity index (χ2n) is 8.41. The number of primary amides is 1. The van der Waals surface area contributed by atoms with Gasteiger partial charge in [0.15, 0.2) is 0 Å². The van der Waals surface area contributed by atoms with E-state index in [9.17, 15) is 9.59 Å². The van der Waals surface area contributed by atoms with E-state index >= 15 is 0 Å². The molecular weight excluding hydrogens is 386 g/mol. The molecule has 1 saturated carbocycles. The number of carbonyl (C=O) groups is 2. The quantitative estimate of drug-likeness (QED) is 0.763. The minimum absolute atomic E-state index is 0.220. The Labute approximate surface area is 176 Å². The predicted octanol–water partition coefficient (Wildman–Crippen LogP) is 2.96. The second kappa shape index (κ2) is 7.47. The Morgan fingerprint density at radius 1 is 1.31 bits per heavy atom. The van der Waals surface area contributed by atoms with E-state index in [0.717, 1.165) is 12.1 Å². The molecule has 1 heterocycles. The van der Waals surface area contributed by atoms with Crippen molar-refractivity contribution in [2.75, 3.05) is 27.2 Å². The van der Waals surface area contributed by atoms with Crippen LogP contribution in [0.2, 0.25) is 5.02 Å². The summed E-state index contributed by atoms with van der Waals surface area (Å²) in [5.41, 5.74) is 9.32. The molecular formula is C23H25ClN3O2. The maximum atomic E-state index is 12.8. The van der Waals surface area contributed by atoms with Crippen molar-refractivity contribution >= 4 is 23.4 Å². The molecule has 6 heteroatoms. The summed E-state index contributed by atoms with van der Waals surface area (Å²) in [4.78, 5) is 28.6. The van der Waals surface area contributed by atoms with Crippen LogP contribution in [0, 0.1) is 6.07 Å². The van der Waals surface area contributed by atoms with Crippen LogP contribution >= 0.6 is 11.6 Å². The minimum atomic E-state index is -0.788. The zero-order chi connectivity index (χ0) is 20.8. The third kappa shape index (κ3) is 3.77. The van der Waals surface area contributed by atoms with Crippen molar-refractivity contribution < 1.29 is 9.59 Å². The first-order valence-corrected chi connectivity index (χ1v) is 10.2. The van der Waals surface area contributed by atoms with E-state index in [2.05, 4.69) is 49.3 Å².